The molecular weight excluding hydrogens is 319 g/mol. The Morgan fingerprint density at radius 2 is 1.61 bits per heavy atom. The highest BCUT2D eigenvalue weighted by atomic mass is 31.2. The maximum Gasteiger partial charge on any atom is 0.513 e. The summed E-state index contributed by atoms with van der Waals surface area (Å²) in [6.07, 6.45) is 0.587. The van der Waals surface area contributed by atoms with E-state index in [0.29, 0.717) is 12.0 Å². The molecule has 1 unspecified atom stereocenters. The molecule has 2 aromatic carbocycles. The van der Waals surface area contributed by atoms with Gasteiger partial charge in [-0.25, -0.2) is 4.57 Å². The molecule has 0 amide bonds. The Morgan fingerprint density at radius 1 is 1.04 bits per heavy atom. The Bertz CT molecular complexity index is 706. The van der Waals surface area contributed by atoms with Gasteiger partial charge in [-0.05, 0) is 48.5 Å². The fourth-order valence-electron chi connectivity index (χ4n) is 1.68. The first kappa shape index (κ1) is 16.9. The van der Waals surface area contributed by atoms with E-state index in [0.717, 1.165) is 0 Å². The second kappa shape index (κ2) is 7.67. The van der Waals surface area contributed by atoms with Crippen molar-refractivity contribution < 1.29 is 18.4 Å². The molecule has 0 saturated carbocycles. The van der Waals surface area contributed by atoms with Crippen molar-refractivity contribution in [2.45, 2.75) is 13.0 Å². The van der Waals surface area contributed by atoms with E-state index in [2.05, 4.69) is 10.3 Å². The lowest BCUT2D eigenvalue weighted by atomic mass is 10.3. The van der Waals surface area contributed by atoms with E-state index < -0.39 is 13.8 Å². The number of carbonyl (C=O) groups excluding carboxylic acids is 1. The summed E-state index contributed by atoms with van der Waals surface area (Å²) in [5, 5.41) is 5.30. The quantitative estimate of drug-likeness (QED) is 0.448. The van der Waals surface area contributed by atoms with Gasteiger partial charge in [-0.1, -0.05) is 18.2 Å². The molecule has 23 heavy (non-hydrogen) atoms. The Morgan fingerprint density at radius 3 is 2.13 bits per heavy atom. The fraction of sp³-hybridized carbons (Fsp3) is 0.133. The lowest BCUT2D eigenvalue weighted by Gasteiger charge is -2.21. The van der Waals surface area contributed by atoms with Gasteiger partial charge in [0.15, 0.2) is 0 Å². The molecule has 0 aliphatic carbocycles. The molecule has 0 aromatic heterocycles. The highest BCUT2D eigenvalue weighted by Gasteiger charge is 2.30. The van der Waals surface area contributed by atoms with E-state index in [-0.39, 0.29) is 11.4 Å². The number of aldehydes is 1. The molecular formula is C15H15N2O5P. The number of carbonyl (C=O) groups is 1. The average molecular weight is 334 g/mol. The molecule has 0 spiro atoms. The van der Waals surface area contributed by atoms with Crippen LogP contribution in [-0.2, 0) is 9.36 Å². The third-order valence-electron chi connectivity index (χ3n) is 2.70. The standard InChI is InChI=1S/C15H15N2O5P/c1-12(11-18)17-23(20,21-14-5-3-2-4-6-14)22-15-9-7-13(16-19)8-10-15/h2-12H,1H3,(H,17,20)/t12-,23?/m0/s1. The summed E-state index contributed by atoms with van der Waals surface area (Å²) in [6, 6.07) is 13.4. The van der Waals surface area contributed by atoms with Crippen LogP contribution in [0.2, 0.25) is 0 Å². The summed E-state index contributed by atoms with van der Waals surface area (Å²) >= 11 is 0. The van der Waals surface area contributed by atoms with Gasteiger partial charge in [-0.2, -0.15) is 5.09 Å². The molecule has 7 nitrogen and oxygen atoms in total. The third kappa shape index (κ3) is 5.02. The van der Waals surface area contributed by atoms with Crippen LogP contribution >= 0.6 is 7.75 Å². The van der Waals surface area contributed by atoms with Crippen LogP contribution in [0, 0.1) is 4.91 Å². The first-order valence-electron chi connectivity index (χ1n) is 6.75. The molecule has 8 heteroatoms. The molecule has 0 heterocycles. The second-order valence-electron chi connectivity index (χ2n) is 4.63. The normalized spacial score (nSPS) is 14.3. The van der Waals surface area contributed by atoms with Crippen molar-refractivity contribution in [3.63, 3.8) is 0 Å². The summed E-state index contributed by atoms with van der Waals surface area (Å²) in [7, 11) is -3.85. The molecule has 2 rings (SSSR count). The van der Waals surface area contributed by atoms with Crippen LogP contribution in [0.3, 0.4) is 0 Å². The molecule has 0 radical (unpaired) electrons. The second-order valence-corrected chi connectivity index (χ2v) is 6.25. The minimum atomic E-state index is -3.85. The Hall–Kier alpha value is -2.50. The number of para-hydroxylation sites is 1. The molecule has 120 valence electrons. The number of hydrogen-bond acceptors (Lipinski definition) is 6. The van der Waals surface area contributed by atoms with Crippen LogP contribution < -0.4 is 14.1 Å². The van der Waals surface area contributed by atoms with E-state index in [1.807, 2.05) is 0 Å². The monoisotopic (exact) mass is 334 g/mol. The highest BCUT2D eigenvalue weighted by Crippen LogP contribution is 2.45. The molecule has 0 saturated heterocycles. The van der Waals surface area contributed by atoms with Crippen LogP contribution in [0.15, 0.2) is 59.8 Å². The van der Waals surface area contributed by atoms with Crippen molar-refractivity contribution in [2.24, 2.45) is 5.18 Å². The summed E-state index contributed by atoms with van der Waals surface area (Å²) < 4.78 is 23.7. The summed E-state index contributed by atoms with van der Waals surface area (Å²) in [6.45, 7) is 1.52. The Kier molecular flexibility index (Phi) is 5.62. The van der Waals surface area contributed by atoms with E-state index >= 15 is 0 Å². The maximum atomic E-state index is 12.9. The molecule has 0 aliphatic rings. The van der Waals surface area contributed by atoms with E-state index in [1.165, 1.54) is 31.2 Å². The van der Waals surface area contributed by atoms with Crippen LogP contribution in [-0.4, -0.2) is 12.3 Å². The van der Waals surface area contributed by atoms with Gasteiger partial charge in [0.2, 0.25) is 0 Å². The lowest BCUT2D eigenvalue weighted by Crippen LogP contribution is -2.28. The first-order chi connectivity index (χ1) is 11.0. The number of nitroso groups, excluding NO2 is 1. The number of benzene rings is 2. The zero-order chi connectivity index (χ0) is 16.7. The molecule has 0 bridgehead atoms. The van der Waals surface area contributed by atoms with Crippen molar-refractivity contribution in [3.8, 4) is 11.5 Å². The van der Waals surface area contributed by atoms with Crippen molar-refractivity contribution in [1.29, 1.82) is 0 Å². The van der Waals surface area contributed by atoms with Gasteiger partial charge in [-0.3, -0.25) is 0 Å². The predicted molar refractivity (Wildman–Crippen MR) is 85.9 cm³/mol. The number of nitrogens with zero attached hydrogens (tertiary/aromatic N) is 1. The maximum absolute atomic E-state index is 12.9. The SMILES string of the molecule is C[C@@H](C=O)NP(=O)(Oc1ccccc1)Oc1ccc(N=O)cc1. The Balaban J connectivity index is 2.23. The fourth-order valence-corrected chi connectivity index (χ4v) is 3.18. The van der Waals surface area contributed by atoms with Crippen molar-refractivity contribution in [3.05, 3.63) is 59.5 Å². The van der Waals surface area contributed by atoms with Gasteiger partial charge < -0.3 is 13.8 Å². The summed E-state index contributed by atoms with van der Waals surface area (Å²) in [4.78, 5) is 21.2. The molecule has 2 atom stereocenters. The Labute approximate surface area is 133 Å². The molecule has 2 aromatic rings. The van der Waals surface area contributed by atoms with E-state index in [4.69, 9.17) is 9.05 Å². The summed E-state index contributed by atoms with van der Waals surface area (Å²) in [5.41, 5.74) is 0.213. The summed E-state index contributed by atoms with van der Waals surface area (Å²) in [5.74, 6) is 0.537. The van der Waals surface area contributed by atoms with E-state index in [9.17, 15) is 14.3 Å². The van der Waals surface area contributed by atoms with Crippen LogP contribution in [0.1, 0.15) is 6.92 Å². The minimum absolute atomic E-state index is 0.210. The number of nitrogens with one attached hydrogen (secondary N) is 1. The first-order valence-corrected chi connectivity index (χ1v) is 8.30. The lowest BCUT2D eigenvalue weighted by molar-refractivity contribution is -0.108. The zero-order valence-electron chi connectivity index (χ0n) is 12.3. The van der Waals surface area contributed by atoms with E-state index in [1.54, 1.807) is 30.3 Å². The zero-order valence-corrected chi connectivity index (χ0v) is 13.2. The molecule has 1 N–H and O–H groups in total. The van der Waals surface area contributed by atoms with Gasteiger partial charge in [0, 0.05) is 0 Å². The van der Waals surface area contributed by atoms with Crippen LogP contribution in [0.4, 0.5) is 5.69 Å². The molecule has 0 aliphatic heterocycles. The largest absolute Gasteiger partial charge is 0.513 e. The predicted octanol–water partition coefficient (Wildman–Crippen LogP) is 3.83. The van der Waals surface area contributed by atoms with Gasteiger partial charge >= 0.3 is 7.75 Å². The van der Waals surface area contributed by atoms with Gasteiger partial charge in [0.05, 0.1) is 6.04 Å². The van der Waals surface area contributed by atoms with Gasteiger partial charge in [-0.15, -0.1) is 4.91 Å². The van der Waals surface area contributed by atoms with Gasteiger partial charge in [0.25, 0.3) is 0 Å². The van der Waals surface area contributed by atoms with Crippen LogP contribution in [0.5, 0.6) is 11.5 Å². The smallest absolute Gasteiger partial charge is 0.405 e. The minimum Gasteiger partial charge on any atom is -0.405 e. The van der Waals surface area contributed by atoms with Gasteiger partial charge in [0.1, 0.15) is 23.5 Å². The number of hydrogen-bond donors (Lipinski definition) is 1. The van der Waals surface area contributed by atoms with Crippen molar-refractivity contribution in [1.82, 2.24) is 5.09 Å². The number of rotatable bonds is 8. The average Bonchev–Trinajstić information content (AvgIpc) is 2.56. The highest BCUT2D eigenvalue weighted by molar-refractivity contribution is 7.52. The van der Waals surface area contributed by atoms with Crippen molar-refractivity contribution in [2.75, 3.05) is 0 Å². The third-order valence-corrected chi connectivity index (χ3v) is 4.33. The topological polar surface area (TPSA) is 94.1 Å². The van der Waals surface area contributed by atoms with Crippen molar-refractivity contribution >= 4 is 19.7 Å². The van der Waals surface area contributed by atoms with Crippen LogP contribution in [0.25, 0.3) is 0 Å². The molecule has 0 fully saturated rings.